The standard InChI is InChI=1S/C22H22N2O2/c1-2-24-19(16-10-4-3-5-11-16)20(23-14-8-9-15-23)21(25)17-12-6-7-13-18(17)22(24)26/h3-7,10-13H,2,8-9,14-15H2,1H3. The first-order valence-electron chi connectivity index (χ1n) is 9.22. The van der Waals surface area contributed by atoms with Crippen molar-refractivity contribution in [1.82, 2.24) is 4.57 Å². The molecule has 0 atom stereocenters. The van der Waals surface area contributed by atoms with Crippen molar-refractivity contribution in [3.05, 3.63) is 75.2 Å². The molecule has 1 fully saturated rings. The van der Waals surface area contributed by atoms with Crippen LogP contribution in [0.5, 0.6) is 0 Å². The maximum Gasteiger partial charge on any atom is 0.259 e. The summed E-state index contributed by atoms with van der Waals surface area (Å²) in [6, 6.07) is 17.0. The molecule has 0 amide bonds. The molecule has 0 unspecified atom stereocenters. The number of anilines is 1. The molecule has 4 nitrogen and oxygen atoms in total. The first kappa shape index (κ1) is 16.6. The molecular formula is C22H22N2O2. The van der Waals surface area contributed by atoms with E-state index in [-0.39, 0.29) is 11.0 Å². The summed E-state index contributed by atoms with van der Waals surface area (Å²) in [7, 11) is 0. The van der Waals surface area contributed by atoms with Crippen LogP contribution in [0.1, 0.15) is 19.8 Å². The van der Waals surface area contributed by atoms with Crippen molar-refractivity contribution in [2.24, 2.45) is 0 Å². The van der Waals surface area contributed by atoms with Crippen molar-refractivity contribution in [2.75, 3.05) is 18.0 Å². The quantitative estimate of drug-likeness (QED) is 0.727. The summed E-state index contributed by atoms with van der Waals surface area (Å²) in [5, 5.41) is 0.991. The molecule has 132 valence electrons. The topological polar surface area (TPSA) is 42.3 Å². The van der Waals surface area contributed by atoms with Gasteiger partial charge in [-0.15, -0.1) is 0 Å². The van der Waals surface area contributed by atoms with Crippen molar-refractivity contribution in [3.63, 3.8) is 0 Å². The Morgan fingerprint density at radius 1 is 0.846 bits per heavy atom. The van der Waals surface area contributed by atoms with Crippen molar-refractivity contribution >= 4 is 16.5 Å². The fraction of sp³-hybridized carbons (Fsp3) is 0.273. The van der Waals surface area contributed by atoms with Crippen LogP contribution in [0.3, 0.4) is 0 Å². The summed E-state index contributed by atoms with van der Waals surface area (Å²) >= 11 is 0. The molecule has 4 rings (SSSR count). The lowest BCUT2D eigenvalue weighted by Gasteiger charge is -2.21. The predicted molar refractivity (Wildman–Crippen MR) is 107 cm³/mol. The van der Waals surface area contributed by atoms with Gasteiger partial charge >= 0.3 is 0 Å². The van der Waals surface area contributed by atoms with Gasteiger partial charge in [0.15, 0.2) is 0 Å². The van der Waals surface area contributed by atoms with E-state index in [0.29, 0.717) is 23.0 Å². The fourth-order valence-electron chi connectivity index (χ4n) is 3.90. The number of nitrogens with zero attached hydrogens (tertiary/aromatic N) is 2. The molecule has 1 saturated heterocycles. The SMILES string of the molecule is CCn1c(-c2ccccc2)c(N2CCCC2)c(=O)c2ccccc2c1=O. The monoisotopic (exact) mass is 346 g/mol. The Balaban J connectivity index is 2.25. The average Bonchev–Trinajstić information content (AvgIpc) is 3.19. The van der Waals surface area contributed by atoms with Crippen LogP contribution in [0.15, 0.2) is 64.2 Å². The molecule has 4 heteroatoms. The summed E-state index contributed by atoms with van der Waals surface area (Å²) in [6.45, 7) is 4.18. The molecular weight excluding hydrogens is 324 g/mol. The summed E-state index contributed by atoms with van der Waals surface area (Å²) in [5.74, 6) is 0. The molecule has 2 heterocycles. The predicted octanol–water partition coefficient (Wildman–Crippen LogP) is 3.65. The van der Waals surface area contributed by atoms with Gasteiger partial charge in [0.05, 0.1) is 11.1 Å². The van der Waals surface area contributed by atoms with E-state index in [0.717, 1.165) is 37.2 Å². The summed E-state index contributed by atoms with van der Waals surface area (Å²) < 4.78 is 1.76. The fourth-order valence-corrected chi connectivity index (χ4v) is 3.90. The minimum Gasteiger partial charge on any atom is -0.367 e. The first-order chi connectivity index (χ1) is 12.7. The van der Waals surface area contributed by atoms with Crippen LogP contribution in [0, 0.1) is 0 Å². The first-order valence-corrected chi connectivity index (χ1v) is 9.22. The molecule has 1 aromatic heterocycles. The van der Waals surface area contributed by atoms with Crippen LogP contribution in [0.2, 0.25) is 0 Å². The zero-order valence-electron chi connectivity index (χ0n) is 14.9. The van der Waals surface area contributed by atoms with Crippen LogP contribution in [-0.2, 0) is 6.54 Å². The van der Waals surface area contributed by atoms with Crippen molar-refractivity contribution in [1.29, 1.82) is 0 Å². The number of fused-ring (bicyclic) bond motifs is 1. The second-order valence-electron chi connectivity index (χ2n) is 6.68. The normalized spacial score (nSPS) is 14.1. The molecule has 1 aliphatic rings. The number of benzene rings is 2. The summed E-state index contributed by atoms with van der Waals surface area (Å²) in [6.07, 6.45) is 2.14. The van der Waals surface area contributed by atoms with E-state index in [1.54, 1.807) is 16.7 Å². The maximum atomic E-state index is 13.5. The van der Waals surface area contributed by atoms with Crippen molar-refractivity contribution in [3.8, 4) is 11.3 Å². The van der Waals surface area contributed by atoms with Crippen molar-refractivity contribution < 1.29 is 0 Å². The minimum absolute atomic E-state index is 0.0503. The largest absolute Gasteiger partial charge is 0.367 e. The van der Waals surface area contributed by atoms with Crippen molar-refractivity contribution in [2.45, 2.75) is 26.3 Å². The zero-order valence-corrected chi connectivity index (χ0v) is 14.9. The van der Waals surface area contributed by atoms with E-state index in [1.165, 1.54) is 0 Å². The lowest BCUT2D eigenvalue weighted by Crippen LogP contribution is -2.26. The number of hydrogen-bond donors (Lipinski definition) is 0. The third-order valence-electron chi connectivity index (χ3n) is 5.14. The molecule has 26 heavy (non-hydrogen) atoms. The van der Waals surface area contributed by atoms with Gasteiger partial charge in [-0.1, -0.05) is 48.5 Å². The van der Waals surface area contributed by atoms with Crippen LogP contribution in [-0.4, -0.2) is 17.7 Å². The van der Waals surface area contributed by atoms with Gasteiger partial charge in [0.1, 0.15) is 5.69 Å². The van der Waals surface area contributed by atoms with E-state index in [2.05, 4.69) is 4.90 Å². The van der Waals surface area contributed by atoms with Crippen LogP contribution in [0.4, 0.5) is 5.69 Å². The molecule has 0 radical (unpaired) electrons. The third kappa shape index (κ3) is 2.62. The Labute approximate surface area is 152 Å². The second kappa shape index (κ2) is 6.79. The van der Waals surface area contributed by atoms with Crippen LogP contribution in [0.25, 0.3) is 22.0 Å². The number of rotatable bonds is 3. The summed E-state index contributed by atoms with van der Waals surface area (Å²) in [4.78, 5) is 29.0. The Bertz CT molecular complexity index is 1060. The van der Waals surface area contributed by atoms with E-state index in [9.17, 15) is 9.59 Å². The van der Waals surface area contributed by atoms with Crippen LogP contribution < -0.4 is 15.9 Å². The zero-order chi connectivity index (χ0) is 18.1. The molecule has 3 aromatic rings. The van der Waals surface area contributed by atoms with E-state index >= 15 is 0 Å². The Hall–Kier alpha value is -2.88. The Morgan fingerprint density at radius 3 is 2.12 bits per heavy atom. The van der Waals surface area contributed by atoms with E-state index in [4.69, 9.17) is 0 Å². The summed E-state index contributed by atoms with van der Waals surface area (Å²) in [5.41, 5.74) is 2.15. The van der Waals surface area contributed by atoms with Gasteiger partial charge in [-0.3, -0.25) is 9.59 Å². The highest BCUT2D eigenvalue weighted by Gasteiger charge is 2.23. The highest BCUT2D eigenvalue weighted by molar-refractivity contribution is 5.88. The van der Waals surface area contributed by atoms with Gasteiger partial charge in [-0.2, -0.15) is 0 Å². The smallest absolute Gasteiger partial charge is 0.259 e. The molecule has 0 aliphatic carbocycles. The van der Waals surface area contributed by atoms with Gasteiger partial charge in [0.2, 0.25) is 5.43 Å². The molecule has 1 aliphatic heterocycles. The second-order valence-corrected chi connectivity index (χ2v) is 6.68. The highest BCUT2D eigenvalue weighted by atomic mass is 16.1. The lowest BCUT2D eigenvalue weighted by atomic mass is 10.1. The van der Waals surface area contributed by atoms with E-state index in [1.807, 2.05) is 49.4 Å². The lowest BCUT2D eigenvalue weighted by molar-refractivity contribution is 0.742. The number of aromatic nitrogens is 1. The molecule has 2 aromatic carbocycles. The van der Waals surface area contributed by atoms with E-state index < -0.39 is 0 Å². The number of hydrogen-bond acceptors (Lipinski definition) is 3. The average molecular weight is 346 g/mol. The molecule has 0 spiro atoms. The molecule has 0 N–H and O–H groups in total. The maximum absolute atomic E-state index is 13.5. The Kier molecular flexibility index (Phi) is 4.33. The van der Waals surface area contributed by atoms with Gasteiger partial charge in [-0.25, -0.2) is 0 Å². The van der Waals surface area contributed by atoms with Gasteiger partial charge in [-0.05, 0) is 25.8 Å². The third-order valence-corrected chi connectivity index (χ3v) is 5.14. The van der Waals surface area contributed by atoms with Gasteiger partial charge in [0, 0.05) is 30.6 Å². The molecule has 0 saturated carbocycles. The molecule has 0 bridgehead atoms. The van der Waals surface area contributed by atoms with Gasteiger partial charge < -0.3 is 9.47 Å². The Morgan fingerprint density at radius 2 is 1.46 bits per heavy atom. The van der Waals surface area contributed by atoms with Crippen LogP contribution >= 0.6 is 0 Å². The van der Waals surface area contributed by atoms with Gasteiger partial charge in [0.25, 0.3) is 5.56 Å². The minimum atomic E-state index is -0.107. The highest BCUT2D eigenvalue weighted by Crippen LogP contribution is 2.30.